The van der Waals surface area contributed by atoms with E-state index in [2.05, 4.69) is 11.4 Å². The normalized spacial score (nSPS) is 17.2. The molecule has 0 radical (unpaired) electrons. The summed E-state index contributed by atoms with van der Waals surface area (Å²) in [5, 5.41) is 12.7. The zero-order valence-corrected chi connectivity index (χ0v) is 18.2. The molecular formula is C23H28N4O4. The van der Waals surface area contributed by atoms with Gasteiger partial charge in [-0.15, -0.1) is 0 Å². The molecule has 8 heteroatoms. The maximum absolute atomic E-state index is 12.8. The van der Waals surface area contributed by atoms with Gasteiger partial charge >= 0.3 is 0 Å². The number of benzene rings is 1. The first-order valence-corrected chi connectivity index (χ1v) is 10.5. The molecule has 1 aromatic carbocycles. The van der Waals surface area contributed by atoms with Crippen LogP contribution >= 0.6 is 0 Å². The Hall–Kier alpha value is -3.02. The van der Waals surface area contributed by atoms with Crippen molar-refractivity contribution in [3.8, 4) is 17.6 Å². The molecule has 1 fully saturated rings. The number of aromatic nitrogens is 1. The summed E-state index contributed by atoms with van der Waals surface area (Å²) in [7, 11) is 1.89. The lowest BCUT2D eigenvalue weighted by Gasteiger charge is -2.19. The summed E-state index contributed by atoms with van der Waals surface area (Å²) in [6, 6.07) is 8.04. The van der Waals surface area contributed by atoms with Crippen LogP contribution in [-0.4, -0.2) is 48.5 Å². The molecule has 1 aromatic heterocycles. The van der Waals surface area contributed by atoms with Crippen molar-refractivity contribution >= 4 is 11.7 Å². The van der Waals surface area contributed by atoms with E-state index in [1.807, 2.05) is 48.6 Å². The largest absolute Gasteiger partial charge is 0.454 e. The van der Waals surface area contributed by atoms with E-state index in [-0.39, 0.29) is 25.3 Å². The molecule has 0 aliphatic carbocycles. The van der Waals surface area contributed by atoms with Crippen molar-refractivity contribution in [3.05, 3.63) is 40.6 Å². The highest BCUT2D eigenvalue weighted by atomic mass is 16.7. The van der Waals surface area contributed by atoms with Crippen LogP contribution in [0.2, 0.25) is 0 Å². The van der Waals surface area contributed by atoms with Gasteiger partial charge in [0.2, 0.25) is 12.7 Å². The maximum Gasteiger partial charge on any atom is 0.239 e. The highest BCUT2D eigenvalue weighted by molar-refractivity contribution is 5.93. The Bertz CT molecular complexity index is 1020. The number of fused-ring (bicyclic) bond motifs is 1. The van der Waals surface area contributed by atoms with Crippen molar-refractivity contribution in [2.24, 2.45) is 0 Å². The lowest BCUT2D eigenvalue weighted by Crippen LogP contribution is -2.31. The molecule has 31 heavy (non-hydrogen) atoms. The molecular weight excluding hydrogens is 396 g/mol. The fourth-order valence-electron chi connectivity index (χ4n) is 4.17. The van der Waals surface area contributed by atoms with E-state index in [9.17, 15) is 10.1 Å². The molecule has 1 saturated heterocycles. The summed E-state index contributed by atoms with van der Waals surface area (Å²) >= 11 is 0. The Morgan fingerprint density at radius 2 is 2.13 bits per heavy atom. The number of ether oxygens (including phenoxy) is 3. The fraction of sp³-hybridized carbons (Fsp3) is 0.478. The van der Waals surface area contributed by atoms with Gasteiger partial charge in [-0.25, -0.2) is 0 Å². The van der Waals surface area contributed by atoms with E-state index in [0.717, 1.165) is 47.8 Å². The average Bonchev–Trinajstić information content (AvgIpc) is 3.46. The molecule has 1 unspecified atom stereocenters. The molecule has 1 amide bonds. The van der Waals surface area contributed by atoms with Gasteiger partial charge in [-0.05, 0) is 57.0 Å². The van der Waals surface area contributed by atoms with Gasteiger partial charge in [-0.2, -0.15) is 5.26 Å². The van der Waals surface area contributed by atoms with Gasteiger partial charge in [0.15, 0.2) is 11.5 Å². The first-order valence-electron chi connectivity index (χ1n) is 10.5. The summed E-state index contributed by atoms with van der Waals surface area (Å²) in [6.45, 7) is 6.32. The van der Waals surface area contributed by atoms with Gasteiger partial charge < -0.3 is 24.1 Å². The van der Waals surface area contributed by atoms with Crippen molar-refractivity contribution < 1.29 is 19.0 Å². The topological polar surface area (TPSA) is 88.8 Å². The molecule has 2 aliphatic heterocycles. The standard InChI is InChI=1S/C23H28N4O4/c1-15-16(2)27(12-18-5-4-8-29-18)23(19(15)10-24)25-22(28)13-26(3)11-17-6-7-20-21(9-17)31-14-30-20/h6-7,9,18H,4-5,8,11-14H2,1-3H3,(H,25,28). The number of amides is 1. The molecule has 0 spiro atoms. The molecule has 2 aromatic rings. The first kappa shape index (κ1) is 21.2. The second kappa shape index (κ2) is 9.00. The van der Waals surface area contributed by atoms with Crippen LogP contribution in [0.1, 0.15) is 35.2 Å². The highest BCUT2D eigenvalue weighted by Crippen LogP contribution is 2.33. The third kappa shape index (κ3) is 4.53. The van der Waals surface area contributed by atoms with E-state index in [0.29, 0.717) is 24.5 Å². The number of hydrogen-bond acceptors (Lipinski definition) is 6. The van der Waals surface area contributed by atoms with E-state index in [1.54, 1.807) is 0 Å². The van der Waals surface area contributed by atoms with Crippen molar-refractivity contribution in [1.82, 2.24) is 9.47 Å². The Kier molecular flexibility index (Phi) is 6.16. The van der Waals surface area contributed by atoms with Crippen LogP contribution in [0, 0.1) is 25.2 Å². The van der Waals surface area contributed by atoms with Gasteiger partial charge in [-0.3, -0.25) is 9.69 Å². The van der Waals surface area contributed by atoms with E-state index in [1.165, 1.54) is 0 Å². The Morgan fingerprint density at radius 3 is 2.87 bits per heavy atom. The number of anilines is 1. The van der Waals surface area contributed by atoms with Gasteiger partial charge in [0, 0.05) is 18.8 Å². The molecule has 8 nitrogen and oxygen atoms in total. The lowest BCUT2D eigenvalue weighted by atomic mass is 10.2. The van der Waals surface area contributed by atoms with Crippen molar-refractivity contribution in [2.75, 3.05) is 32.3 Å². The number of nitrogens with zero attached hydrogens (tertiary/aromatic N) is 3. The Labute approximate surface area is 182 Å². The molecule has 164 valence electrons. The monoisotopic (exact) mass is 424 g/mol. The first-order chi connectivity index (χ1) is 15.0. The molecule has 0 saturated carbocycles. The summed E-state index contributed by atoms with van der Waals surface area (Å²) in [6.07, 6.45) is 2.15. The van der Waals surface area contributed by atoms with Gasteiger partial charge in [0.25, 0.3) is 0 Å². The predicted octanol–water partition coefficient (Wildman–Crippen LogP) is 2.95. The zero-order chi connectivity index (χ0) is 22.0. The minimum Gasteiger partial charge on any atom is -0.454 e. The van der Waals surface area contributed by atoms with Gasteiger partial charge in [-0.1, -0.05) is 6.07 Å². The van der Waals surface area contributed by atoms with Crippen molar-refractivity contribution in [2.45, 2.75) is 45.9 Å². The number of hydrogen-bond donors (Lipinski definition) is 1. The Morgan fingerprint density at radius 1 is 1.32 bits per heavy atom. The van der Waals surface area contributed by atoms with Crippen LogP contribution in [-0.2, 0) is 22.6 Å². The molecule has 0 bridgehead atoms. The number of carbonyl (C=O) groups is 1. The molecule has 2 aliphatic rings. The second-order valence-electron chi connectivity index (χ2n) is 8.20. The minimum atomic E-state index is -0.161. The fourth-order valence-corrected chi connectivity index (χ4v) is 4.17. The number of rotatable bonds is 7. The van der Waals surface area contributed by atoms with E-state index in [4.69, 9.17) is 14.2 Å². The minimum absolute atomic E-state index is 0.112. The van der Waals surface area contributed by atoms with Gasteiger partial charge in [0.1, 0.15) is 11.9 Å². The smallest absolute Gasteiger partial charge is 0.239 e. The van der Waals surface area contributed by atoms with Crippen molar-refractivity contribution in [1.29, 1.82) is 5.26 Å². The maximum atomic E-state index is 12.8. The third-order valence-electron chi connectivity index (χ3n) is 5.91. The van der Waals surface area contributed by atoms with E-state index < -0.39 is 0 Å². The van der Waals surface area contributed by atoms with Crippen LogP contribution in [0.25, 0.3) is 0 Å². The summed E-state index contributed by atoms with van der Waals surface area (Å²) in [4.78, 5) is 14.7. The van der Waals surface area contributed by atoms with Gasteiger partial charge in [0.05, 0.1) is 24.8 Å². The van der Waals surface area contributed by atoms with Crippen LogP contribution in [0.5, 0.6) is 11.5 Å². The van der Waals surface area contributed by atoms with Crippen LogP contribution in [0.15, 0.2) is 18.2 Å². The third-order valence-corrected chi connectivity index (χ3v) is 5.91. The number of likely N-dealkylation sites (N-methyl/N-ethyl adjacent to an activating group) is 1. The second-order valence-corrected chi connectivity index (χ2v) is 8.20. The van der Waals surface area contributed by atoms with Crippen LogP contribution in [0.4, 0.5) is 5.82 Å². The molecule has 3 heterocycles. The number of nitriles is 1. The lowest BCUT2D eigenvalue weighted by molar-refractivity contribution is -0.117. The summed E-state index contributed by atoms with van der Waals surface area (Å²) in [5.41, 5.74) is 3.42. The summed E-state index contributed by atoms with van der Waals surface area (Å²) < 4.78 is 18.6. The Balaban J connectivity index is 1.43. The highest BCUT2D eigenvalue weighted by Gasteiger charge is 2.24. The van der Waals surface area contributed by atoms with E-state index >= 15 is 0 Å². The SMILES string of the molecule is Cc1c(C#N)c(NC(=O)CN(C)Cc2ccc3c(c2)OCO3)n(CC2CCCO2)c1C. The number of nitrogens with one attached hydrogen (secondary N) is 1. The predicted molar refractivity (Wildman–Crippen MR) is 115 cm³/mol. The quantitative estimate of drug-likeness (QED) is 0.735. The van der Waals surface area contributed by atoms with Crippen molar-refractivity contribution in [3.63, 3.8) is 0 Å². The molecule has 1 atom stereocenters. The van der Waals surface area contributed by atoms with Crippen LogP contribution in [0.3, 0.4) is 0 Å². The molecule has 1 N–H and O–H groups in total. The number of carbonyl (C=O) groups excluding carboxylic acids is 1. The summed E-state index contributed by atoms with van der Waals surface area (Å²) in [5.74, 6) is 1.87. The molecule has 4 rings (SSSR count). The zero-order valence-electron chi connectivity index (χ0n) is 18.2. The van der Waals surface area contributed by atoms with Crippen LogP contribution < -0.4 is 14.8 Å². The average molecular weight is 425 g/mol.